The highest BCUT2D eigenvalue weighted by Gasteiger charge is 2.57. The highest BCUT2D eigenvalue weighted by molar-refractivity contribution is 6.99. The first-order valence-corrected chi connectivity index (χ1v) is 29.9. The number of amides is 1. The van der Waals surface area contributed by atoms with Crippen LogP contribution < -0.4 is 10.4 Å². The standard InChI is InChI=1S/C62H89NO13Si/c1-14-23-46-33-39(2)32-40(3)34-54(71-12)57-55(72-13)36-42(5)62(69,75-57)58(66)59(67)63-31-22-21-28-49(63)60(68)74-56(43(6)52(38-50(46)65)73-44(7)64)41(4)35-45-29-30-51(53(37-45)70-11)76-77(61(8,9)10,47-24-17-15-18-25-47)48-26-19-16-20-27-48/h14-20,24-27,33,35,40,42-43,45-46,49,51-57,69H,1,21-23,28-32,34,36-38H2,2-13H3/b39-33+,41-35?. The molecule has 14 atom stereocenters. The van der Waals surface area contributed by atoms with Crippen LogP contribution in [0.2, 0.25) is 5.04 Å². The van der Waals surface area contributed by atoms with E-state index in [1.54, 1.807) is 20.1 Å². The van der Waals surface area contributed by atoms with Crippen LogP contribution in [0.3, 0.4) is 0 Å². The molecule has 14 nitrogen and oxygen atoms in total. The second-order valence-electron chi connectivity index (χ2n) is 23.6. The first-order valence-electron chi connectivity index (χ1n) is 28.0. The van der Waals surface area contributed by atoms with Crippen LogP contribution in [0.25, 0.3) is 0 Å². The lowest BCUT2D eigenvalue weighted by Gasteiger charge is -2.47. The Balaban J connectivity index is 1.39. The number of Topliss-reactive ketones (excluding diaryl/α,β-unsaturated/α-hetero) is 2. The minimum absolute atomic E-state index is 0.0264. The van der Waals surface area contributed by atoms with Gasteiger partial charge in [-0.2, -0.15) is 0 Å². The van der Waals surface area contributed by atoms with Crippen molar-refractivity contribution >= 4 is 48.1 Å². The molecule has 3 aliphatic heterocycles. The third-order valence-corrected chi connectivity index (χ3v) is 21.9. The summed E-state index contributed by atoms with van der Waals surface area (Å²) < 4.78 is 44.8. The predicted octanol–water partition coefficient (Wildman–Crippen LogP) is 8.79. The molecule has 424 valence electrons. The molecule has 3 fully saturated rings. The smallest absolute Gasteiger partial charge is 0.329 e. The lowest BCUT2D eigenvalue weighted by Crippen LogP contribution is -2.68. The van der Waals surface area contributed by atoms with Crippen molar-refractivity contribution in [2.24, 2.45) is 29.6 Å². The Morgan fingerprint density at radius 2 is 1.43 bits per heavy atom. The zero-order valence-electron chi connectivity index (χ0n) is 48.0. The largest absolute Gasteiger partial charge is 0.462 e. The Morgan fingerprint density at radius 3 is 2.00 bits per heavy atom. The number of aliphatic hydroxyl groups is 1. The number of benzene rings is 2. The van der Waals surface area contributed by atoms with Crippen LogP contribution in [0.4, 0.5) is 0 Å². The summed E-state index contributed by atoms with van der Waals surface area (Å²) >= 11 is 0. The van der Waals surface area contributed by atoms with E-state index in [0.29, 0.717) is 50.5 Å². The summed E-state index contributed by atoms with van der Waals surface area (Å²) in [5.41, 5.74) is 1.61. The number of hydrogen-bond acceptors (Lipinski definition) is 13. The number of fused-ring (bicyclic) bond motifs is 3. The molecule has 0 spiro atoms. The van der Waals surface area contributed by atoms with Crippen molar-refractivity contribution in [2.75, 3.05) is 27.9 Å². The predicted molar refractivity (Wildman–Crippen MR) is 299 cm³/mol. The van der Waals surface area contributed by atoms with Crippen molar-refractivity contribution in [2.45, 2.75) is 193 Å². The van der Waals surface area contributed by atoms with Gasteiger partial charge >= 0.3 is 11.9 Å². The summed E-state index contributed by atoms with van der Waals surface area (Å²) in [4.78, 5) is 73.0. The van der Waals surface area contributed by atoms with Crippen LogP contribution in [-0.4, -0.2) is 130 Å². The maximum Gasteiger partial charge on any atom is 0.329 e. The fraction of sp³-hybridized carbons (Fsp3) is 0.629. The number of nitrogens with zero attached hydrogens (tertiary/aromatic N) is 1. The van der Waals surface area contributed by atoms with Crippen molar-refractivity contribution in [3.05, 3.63) is 96.6 Å². The second-order valence-corrected chi connectivity index (χ2v) is 27.9. The van der Waals surface area contributed by atoms with E-state index in [1.165, 1.54) is 36.4 Å². The number of methoxy groups -OCH3 is 3. The van der Waals surface area contributed by atoms with Crippen molar-refractivity contribution in [1.82, 2.24) is 4.90 Å². The van der Waals surface area contributed by atoms with E-state index in [1.807, 2.05) is 45.9 Å². The summed E-state index contributed by atoms with van der Waals surface area (Å²) in [6.07, 6.45) is 5.62. The average Bonchev–Trinajstić information content (AvgIpc) is 3.40. The third-order valence-electron chi connectivity index (χ3n) is 16.9. The number of carbonyl (C=O) groups is 5. The van der Waals surface area contributed by atoms with Gasteiger partial charge in [0.2, 0.25) is 5.79 Å². The zero-order chi connectivity index (χ0) is 56.4. The van der Waals surface area contributed by atoms with Crippen LogP contribution in [0.15, 0.2) is 96.6 Å². The molecule has 3 heterocycles. The molecule has 2 saturated heterocycles. The van der Waals surface area contributed by atoms with Gasteiger partial charge in [-0.3, -0.25) is 19.2 Å². The first-order chi connectivity index (χ1) is 36.5. The monoisotopic (exact) mass is 1080 g/mol. The molecule has 15 heteroatoms. The fourth-order valence-electron chi connectivity index (χ4n) is 12.8. The van der Waals surface area contributed by atoms with Crippen LogP contribution in [-0.2, 0) is 56.8 Å². The SMILES string of the molecule is C=CCC1/C=C(\C)CC(C)CC(OC)C2OC(O)(C(=O)C(=O)N3CCCCC3C(=O)OC(C(C)=CC3CCC(O[Si](c4ccccc4)(c4ccccc4)C(C)(C)C)C(OC)C3)C(C)C(OC(C)=O)CC1=O)C(C)CC2OC. The van der Waals surface area contributed by atoms with Gasteiger partial charge < -0.3 is 42.9 Å². The molecule has 4 aliphatic rings. The van der Waals surface area contributed by atoms with Gasteiger partial charge in [0, 0.05) is 59.0 Å². The number of allylic oxidation sites excluding steroid dienone is 4. The minimum Gasteiger partial charge on any atom is -0.462 e. The Labute approximate surface area is 459 Å². The summed E-state index contributed by atoms with van der Waals surface area (Å²) in [5, 5.41) is 14.4. The van der Waals surface area contributed by atoms with Gasteiger partial charge in [-0.15, -0.1) is 6.58 Å². The van der Waals surface area contributed by atoms with Gasteiger partial charge in [-0.25, -0.2) is 4.79 Å². The number of carbonyl (C=O) groups excluding carboxylic acids is 5. The highest BCUT2D eigenvalue weighted by atomic mass is 28.4. The lowest BCUT2D eigenvalue weighted by molar-refractivity contribution is -0.302. The Bertz CT molecular complexity index is 2360. The molecule has 1 N–H and O–H groups in total. The van der Waals surface area contributed by atoms with E-state index in [2.05, 4.69) is 82.0 Å². The van der Waals surface area contributed by atoms with Gasteiger partial charge in [-0.05, 0) is 111 Å². The van der Waals surface area contributed by atoms with Gasteiger partial charge in [0.1, 0.15) is 30.1 Å². The molecular formula is C62H89NO13Si. The van der Waals surface area contributed by atoms with E-state index in [0.717, 1.165) is 12.0 Å². The Morgan fingerprint density at radius 1 is 0.818 bits per heavy atom. The molecule has 1 saturated carbocycles. The molecule has 2 aromatic rings. The average molecular weight is 1080 g/mol. The maximum atomic E-state index is 15.0. The summed E-state index contributed by atoms with van der Waals surface area (Å²) in [5.74, 6) is -8.60. The molecule has 2 aromatic carbocycles. The van der Waals surface area contributed by atoms with E-state index in [4.69, 9.17) is 32.8 Å². The van der Waals surface area contributed by atoms with Crippen molar-refractivity contribution in [3.63, 3.8) is 0 Å². The van der Waals surface area contributed by atoms with E-state index < -0.39 is 92.0 Å². The van der Waals surface area contributed by atoms with E-state index in [9.17, 15) is 29.1 Å². The number of rotatable bonds is 12. The van der Waals surface area contributed by atoms with Crippen LogP contribution >= 0.6 is 0 Å². The molecule has 14 unspecified atom stereocenters. The quantitative estimate of drug-likeness (QED) is 0.0926. The third kappa shape index (κ3) is 14.2. The lowest BCUT2D eigenvalue weighted by atomic mass is 9.81. The zero-order valence-corrected chi connectivity index (χ0v) is 49.0. The number of ether oxygens (including phenoxy) is 6. The van der Waals surface area contributed by atoms with Crippen molar-refractivity contribution in [1.29, 1.82) is 0 Å². The fourth-order valence-corrected chi connectivity index (χ4v) is 17.5. The molecule has 1 amide bonds. The van der Waals surface area contributed by atoms with Crippen molar-refractivity contribution in [3.8, 4) is 0 Å². The molecule has 77 heavy (non-hydrogen) atoms. The molecule has 0 radical (unpaired) electrons. The van der Waals surface area contributed by atoms with Gasteiger partial charge in [0.25, 0.3) is 20.0 Å². The molecule has 2 bridgehead atoms. The van der Waals surface area contributed by atoms with E-state index in [-0.39, 0.29) is 60.7 Å². The number of hydrogen-bond donors (Lipinski definition) is 1. The summed E-state index contributed by atoms with van der Waals surface area (Å²) in [6, 6.07) is 19.9. The topological polar surface area (TPSA) is 173 Å². The number of ketones is 2. The molecule has 6 rings (SSSR count). The van der Waals surface area contributed by atoms with Gasteiger partial charge in [-0.1, -0.05) is 126 Å². The summed E-state index contributed by atoms with van der Waals surface area (Å²) in [6.45, 7) is 21.4. The van der Waals surface area contributed by atoms with Crippen LogP contribution in [0, 0.1) is 29.6 Å². The second kappa shape index (κ2) is 27.0. The van der Waals surface area contributed by atoms with Crippen molar-refractivity contribution < 1.29 is 61.9 Å². The molecular weight excluding hydrogens is 995 g/mol. The normalized spacial score (nSPS) is 33.7. The van der Waals surface area contributed by atoms with Gasteiger partial charge in [0.05, 0.1) is 24.4 Å². The molecule has 1 aliphatic carbocycles. The van der Waals surface area contributed by atoms with E-state index >= 15 is 0 Å². The highest BCUT2D eigenvalue weighted by Crippen LogP contribution is 2.43. The minimum atomic E-state index is -2.95. The Kier molecular flexibility index (Phi) is 21.6. The summed E-state index contributed by atoms with van der Waals surface area (Å²) in [7, 11) is 1.84. The number of piperidine rings is 1. The van der Waals surface area contributed by atoms with Crippen LogP contribution in [0.5, 0.6) is 0 Å². The number of cyclic esters (lactones) is 1. The maximum absolute atomic E-state index is 15.0. The molecule has 0 aromatic heterocycles. The van der Waals surface area contributed by atoms with Gasteiger partial charge in [0.15, 0.2) is 0 Å². The number of esters is 2. The van der Waals surface area contributed by atoms with Crippen LogP contribution in [0.1, 0.15) is 133 Å². The Hall–Kier alpha value is -4.61. The first kappa shape index (κ1) is 61.6.